The minimum Gasteiger partial charge on any atom is -0.479 e. The number of carbonyl (C=O) groups excluding carboxylic acids is 1. The average Bonchev–Trinajstić information content (AvgIpc) is 2.31. The molecule has 0 radical (unpaired) electrons. The van der Waals surface area contributed by atoms with E-state index in [1.807, 2.05) is 19.1 Å². The molecule has 1 rings (SSSR count). The molecule has 18 heavy (non-hydrogen) atoms. The van der Waals surface area contributed by atoms with Crippen molar-refractivity contribution in [3.63, 3.8) is 0 Å². The Labute approximate surface area is 113 Å². The smallest absolute Gasteiger partial charge is 0.260 e. The van der Waals surface area contributed by atoms with Crippen LogP contribution in [0.3, 0.4) is 0 Å². The highest BCUT2D eigenvalue weighted by Crippen LogP contribution is 2.24. The van der Waals surface area contributed by atoms with Gasteiger partial charge in [0.15, 0.2) is 6.10 Å². The highest BCUT2D eigenvalue weighted by molar-refractivity contribution is 6.32. The van der Waals surface area contributed by atoms with Crippen molar-refractivity contribution in [2.45, 2.75) is 39.8 Å². The van der Waals surface area contributed by atoms with Crippen LogP contribution in [0.5, 0.6) is 5.75 Å². The monoisotopic (exact) mass is 269 g/mol. The standard InChI is InChI=1S/C14H20ClNO2/c1-9(2)10(3)16-14(17)11(4)18-13-8-6-5-7-12(13)15/h5-11H,1-4H3,(H,16,17)/t10-,11+/m1/s1. The van der Waals surface area contributed by atoms with Crippen LogP contribution in [0.25, 0.3) is 0 Å². The first kappa shape index (κ1) is 14.8. The summed E-state index contributed by atoms with van der Waals surface area (Å²) in [7, 11) is 0. The maximum absolute atomic E-state index is 11.9. The van der Waals surface area contributed by atoms with Gasteiger partial charge in [0.05, 0.1) is 5.02 Å². The van der Waals surface area contributed by atoms with Gasteiger partial charge in [0.25, 0.3) is 5.91 Å². The molecule has 1 aromatic carbocycles. The van der Waals surface area contributed by atoms with Gasteiger partial charge in [-0.25, -0.2) is 0 Å². The highest BCUT2D eigenvalue weighted by atomic mass is 35.5. The molecule has 0 heterocycles. The van der Waals surface area contributed by atoms with Crippen molar-refractivity contribution in [1.29, 1.82) is 0 Å². The molecule has 1 N–H and O–H groups in total. The van der Waals surface area contributed by atoms with E-state index in [2.05, 4.69) is 19.2 Å². The molecular weight excluding hydrogens is 250 g/mol. The number of para-hydroxylation sites is 1. The molecule has 0 spiro atoms. The summed E-state index contributed by atoms with van der Waals surface area (Å²) in [6, 6.07) is 7.24. The van der Waals surface area contributed by atoms with Gasteiger partial charge in [0.2, 0.25) is 0 Å². The third-order valence-corrected chi connectivity index (χ3v) is 3.19. The fourth-order valence-corrected chi connectivity index (χ4v) is 1.47. The van der Waals surface area contributed by atoms with Crippen molar-refractivity contribution >= 4 is 17.5 Å². The van der Waals surface area contributed by atoms with Crippen LogP contribution in [0.15, 0.2) is 24.3 Å². The van der Waals surface area contributed by atoms with Crippen LogP contribution >= 0.6 is 11.6 Å². The number of rotatable bonds is 5. The van der Waals surface area contributed by atoms with Crippen LogP contribution in [0.1, 0.15) is 27.7 Å². The van der Waals surface area contributed by atoms with E-state index in [-0.39, 0.29) is 11.9 Å². The van der Waals surface area contributed by atoms with Crippen molar-refractivity contribution in [3.8, 4) is 5.75 Å². The lowest BCUT2D eigenvalue weighted by Gasteiger charge is -2.21. The zero-order valence-electron chi connectivity index (χ0n) is 11.2. The lowest BCUT2D eigenvalue weighted by atomic mass is 10.1. The Bertz CT molecular complexity index is 407. The van der Waals surface area contributed by atoms with Crippen LogP contribution in [0.4, 0.5) is 0 Å². The second kappa shape index (κ2) is 6.64. The Balaban J connectivity index is 2.58. The average molecular weight is 270 g/mol. The second-order valence-corrected chi connectivity index (χ2v) is 5.14. The number of halogens is 1. The third-order valence-electron chi connectivity index (χ3n) is 2.88. The molecule has 1 aromatic rings. The Hall–Kier alpha value is -1.22. The molecule has 2 atom stereocenters. The van der Waals surface area contributed by atoms with Gasteiger partial charge in [-0.2, -0.15) is 0 Å². The van der Waals surface area contributed by atoms with E-state index in [1.54, 1.807) is 19.1 Å². The van der Waals surface area contributed by atoms with Crippen molar-refractivity contribution < 1.29 is 9.53 Å². The maximum atomic E-state index is 11.9. The van der Waals surface area contributed by atoms with E-state index in [0.717, 1.165) is 0 Å². The summed E-state index contributed by atoms with van der Waals surface area (Å²) in [6.45, 7) is 7.81. The Morgan fingerprint density at radius 2 is 1.83 bits per heavy atom. The lowest BCUT2D eigenvalue weighted by molar-refractivity contribution is -0.128. The van der Waals surface area contributed by atoms with E-state index in [4.69, 9.17) is 16.3 Å². The molecule has 0 fully saturated rings. The first-order chi connectivity index (χ1) is 8.41. The second-order valence-electron chi connectivity index (χ2n) is 4.73. The summed E-state index contributed by atoms with van der Waals surface area (Å²) in [4.78, 5) is 11.9. The summed E-state index contributed by atoms with van der Waals surface area (Å²) in [5, 5.41) is 3.42. The van der Waals surface area contributed by atoms with E-state index < -0.39 is 6.10 Å². The first-order valence-corrected chi connectivity index (χ1v) is 6.51. The van der Waals surface area contributed by atoms with Crippen LogP contribution in [0.2, 0.25) is 5.02 Å². The van der Waals surface area contributed by atoms with Gasteiger partial charge in [-0.1, -0.05) is 37.6 Å². The molecule has 0 saturated carbocycles. The molecule has 3 nitrogen and oxygen atoms in total. The van der Waals surface area contributed by atoms with Crippen molar-refractivity contribution in [2.24, 2.45) is 5.92 Å². The van der Waals surface area contributed by atoms with Gasteiger partial charge in [0, 0.05) is 6.04 Å². The van der Waals surface area contributed by atoms with Crippen LogP contribution < -0.4 is 10.1 Å². The predicted molar refractivity (Wildman–Crippen MR) is 74.0 cm³/mol. The third kappa shape index (κ3) is 4.22. The molecule has 0 aliphatic heterocycles. The topological polar surface area (TPSA) is 38.3 Å². The molecule has 0 saturated heterocycles. The SMILES string of the molecule is CC(C)[C@@H](C)NC(=O)[C@H](C)Oc1ccccc1Cl. The van der Waals surface area contributed by atoms with E-state index in [1.165, 1.54) is 0 Å². The van der Waals surface area contributed by atoms with Crippen LogP contribution in [0, 0.1) is 5.92 Å². The van der Waals surface area contributed by atoms with Crippen molar-refractivity contribution in [1.82, 2.24) is 5.32 Å². The van der Waals surface area contributed by atoms with Crippen molar-refractivity contribution in [3.05, 3.63) is 29.3 Å². The number of carbonyl (C=O) groups is 1. The van der Waals surface area contributed by atoms with E-state index in [9.17, 15) is 4.79 Å². The predicted octanol–water partition coefficient (Wildman–Crippen LogP) is 3.27. The molecule has 0 unspecified atom stereocenters. The van der Waals surface area contributed by atoms with Crippen LogP contribution in [-0.2, 0) is 4.79 Å². The number of hydrogen-bond acceptors (Lipinski definition) is 2. The minimum absolute atomic E-state index is 0.120. The van der Waals surface area contributed by atoms with Gasteiger partial charge in [-0.3, -0.25) is 4.79 Å². The lowest BCUT2D eigenvalue weighted by Crippen LogP contribution is -2.43. The molecule has 0 bridgehead atoms. The first-order valence-electron chi connectivity index (χ1n) is 6.13. The normalized spacial score (nSPS) is 14.1. The number of ether oxygens (including phenoxy) is 1. The van der Waals surface area contributed by atoms with E-state index in [0.29, 0.717) is 16.7 Å². The zero-order valence-corrected chi connectivity index (χ0v) is 12.0. The van der Waals surface area contributed by atoms with Gasteiger partial charge in [-0.15, -0.1) is 0 Å². The van der Waals surface area contributed by atoms with Crippen LogP contribution in [-0.4, -0.2) is 18.1 Å². The number of hydrogen-bond donors (Lipinski definition) is 1. The summed E-state index contributed by atoms with van der Waals surface area (Å²) >= 11 is 5.97. The van der Waals surface area contributed by atoms with E-state index >= 15 is 0 Å². The van der Waals surface area contributed by atoms with Gasteiger partial charge < -0.3 is 10.1 Å². The number of benzene rings is 1. The Morgan fingerprint density at radius 3 is 2.39 bits per heavy atom. The van der Waals surface area contributed by atoms with Crippen molar-refractivity contribution in [2.75, 3.05) is 0 Å². The Kier molecular flexibility index (Phi) is 5.48. The summed E-state index contributed by atoms with van der Waals surface area (Å²) in [5.41, 5.74) is 0. The Morgan fingerprint density at radius 1 is 1.22 bits per heavy atom. The fourth-order valence-electron chi connectivity index (χ4n) is 1.29. The molecule has 0 aliphatic carbocycles. The largest absolute Gasteiger partial charge is 0.479 e. The quantitative estimate of drug-likeness (QED) is 0.891. The fraction of sp³-hybridized carbons (Fsp3) is 0.500. The highest BCUT2D eigenvalue weighted by Gasteiger charge is 2.18. The summed E-state index contributed by atoms with van der Waals surface area (Å²) in [6.07, 6.45) is -0.564. The van der Waals surface area contributed by atoms with Gasteiger partial charge in [0.1, 0.15) is 5.75 Å². The molecule has 0 aliphatic rings. The van der Waals surface area contributed by atoms with Gasteiger partial charge >= 0.3 is 0 Å². The number of nitrogens with one attached hydrogen (secondary N) is 1. The molecule has 100 valence electrons. The maximum Gasteiger partial charge on any atom is 0.260 e. The molecular formula is C14H20ClNO2. The zero-order chi connectivity index (χ0) is 13.7. The molecule has 1 amide bonds. The molecule has 0 aromatic heterocycles. The van der Waals surface area contributed by atoms with Gasteiger partial charge in [-0.05, 0) is 31.9 Å². The molecule has 4 heteroatoms. The summed E-state index contributed by atoms with van der Waals surface area (Å²) in [5.74, 6) is 0.789. The minimum atomic E-state index is -0.564. The number of amides is 1. The summed E-state index contributed by atoms with van der Waals surface area (Å²) < 4.78 is 5.54.